The third-order valence-corrected chi connectivity index (χ3v) is 7.60. The van der Waals surface area contributed by atoms with Crippen molar-refractivity contribution < 1.29 is 13.2 Å². The van der Waals surface area contributed by atoms with Gasteiger partial charge in [-0.2, -0.15) is 0 Å². The van der Waals surface area contributed by atoms with Gasteiger partial charge in [-0.05, 0) is 49.1 Å². The van der Waals surface area contributed by atoms with Crippen molar-refractivity contribution in [2.24, 2.45) is 0 Å². The minimum atomic E-state index is -3.92. The van der Waals surface area contributed by atoms with E-state index in [4.69, 9.17) is 0 Å². The first-order valence-corrected chi connectivity index (χ1v) is 12.9. The van der Waals surface area contributed by atoms with Crippen LogP contribution in [0.2, 0.25) is 0 Å². The molecule has 0 unspecified atom stereocenters. The Labute approximate surface area is 193 Å². The van der Waals surface area contributed by atoms with Gasteiger partial charge < -0.3 is 10.3 Å². The Morgan fingerprint density at radius 3 is 2.52 bits per heavy atom. The smallest absolute Gasteiger partial charge is 0.261 e. The summed E-state index contributed by atoms with van der Waals surface area (Å²) >= 11 is 0. The molecule has 1 saturated carbocycles. The normalized spacial score (nSPS) is 15.2. The first kappa shape index (κ1) is 23.0. The fourth-order valence-electron chi connectivity index (χ4n) is 4.35. The second kappa shape index (κ2) is 9.79. The Balaban J connectivity index is 1.64. The summed E-state index contributed by atoms with van der Waals surface area (Å²) in [5.74, 6) is -0.423. The lowest BCUT2D eigenvalue weighted by Crippen LogP contribution is -2.37. The first-order chi connectivity index (χ1) is 15.9. The van der Waals surface area contributed by atoms with Crippen molar-refractivity contribution in [3.63, 3.8) is 0 Å². The summed E-state index contributed by atoms with van der Waals surface area (Å²) in [5, 5.41) is 3.14. The van der Waals surface area contributed by atoms with Gasteiger partial charge >= 0.3 is 0 Å². The summed E-state index contributed by atoms with van der Waals surface area (Å²) in [4.78, 5) is 28.9. The highest BCUT2D eigenvalue weighted by Gasteiger charge is 2.21. The topological polar surface area (TPSA) is 108 Å². The summed E-state index contributed by atoms with van der Waals surface area (Å²) in [6, 6.07) is 11.6. The first-order valence-electron chi connectivity index (χ1n) is 11.5. The molecule has 7 nitrogen and oxygen atoms in total. The predicted octanol–water partition coefficient (Wildman–Crippen LogP) is 4.34. The van der Waals surface area contributed by atoms with Crippen molar-refractivity contribution in [1.82, 2.24) is 10.3 Å². The zero-order valence-corrected chi connectivity index (χ0v) is 19.5. The highest BCUT2D eigenvalue weighted by molar-refractivity contribution is 7.92. The number of fused-ring (bicyclic) bond motifs is 1. The van der Waals surface area contributed by atoms with Gasteiger partial charge in [0, 0.05) is 23.1 Å². The molecule has 3 aromatic rings. The number of pyridine rings is 1. The number of benzene rings is 2. The van der Waals surface area contributed by atoms with E-state index in [0.717, 1.165) is 44.1 Å². The molecule has 3 N–H and O–H groups in total. The van der Waals surface area contributed by atoms with Crippen LogP contribution in [0.15, 0.2) is 58.4 Å². The summed E-state index contributed by atoms with van der Waals surface area (Å²) < 4.78 is 28.7. The zero-order chi connectivity index (χ0) is 23.4. The Morgan fingerprint density at radius 2 is 1.79 bits per heavy atom. The molecule has 1 amide bonds. The van der Waals surface area contributed by atoms with Gasteiger partial charge in [-0.1, -0.05) is 50.8 Å². The van der Waals surface area contributed by atoms with Crippen molar-refractivity contribution in [3.05, 3.63) is 70.0 Å². The maximum Gasteiger partial charge on any atom is 0.261 e. The van der Waals surface area contributed by atoms with Gasteiger partial charge in [-0.3, -0.25) is 14.3 Å². The number of hydrogen-bond acceptors (Lipinski definition) is 4. The number of carbonyl (C=O) groups is 1. The van der Waals surface area contributed by atoms with Crippen LogP contribution < -0.4 is 15.5 Å². The number of aromatic amines is 1. The molecule has 2 aromatic carbocycles. The van der Waals surface area contributed by atoms with E-state index in [2.05, 4.69) is 15.0 Å². The molecule has 1 heterocycles. The van der Waals surface area contributed by atoms with E-state index in [9.17, 15) is 18.0 Å². The fraction of sp³-hybridized carbons (Fsp3) is 0.360. The number of anilines is 1. The zero-order valence-electron chi connectivity index (χ0n) is 18.7. The minimum Gasteiger partial charge on any atom is -0.360 e. The second-order valence-electron chi connectivity index (χ2n) is 8.52. The third-order valence-electron chi connectivity index (χ3n) is 6.24. The van der Waals surface area contributed by atoms with Crippen molar-refractivity contribution >= 4 is 32.5 Å². The van der Waals surface area contributed by atoms with E-state index in [1.54, 1.807) is 18.2 Å². The van der Waals surface area contributed by atoms with Crippen LogP contribution in [-0.4, -0.2) is 25.4 Å². The summed E-state index contributed by atoms with van der Waals surface area (Å²) in [5.41, 5.74) is 1.35. The van der Waals surface area contributed by atoms with Gasteiger partial charge in [-0.15, -0.1) is 0 Å². The van der Waals surface area contributed by atoms with Crippen molar-refractivity contribution in [1.29, 1.82) is 0 Å². The molecule has 8 heteroatoms. The van der Waals surface area contributed by atoms with Crippen LogP contribution in [0.4, 0.5) is 5.69 Å². The number of sulfonamides is 1. The number of carbonyl (C=O) groups excluding carboxylic acids is 1. The van der Waals surface area contributed by atoms with Crippen LogP contribution in [0.1, 0.15) is 61.4 Å². The van der Waals surface area contributed by atoms with Gasteiger partial charge in [0.2, 0.25) is 5.43 Å². The Kier molecular flexibility index (Phi) is 6.83. The second-order valence-corrected chi connectivity index (χ2v) is 10.2. The highest BCUT2D eigenvalue weighted by atomic mass is 32.2. The van der Waals surface area contributed by atoms with Crippen LogP contribution in [-0.2, 0) is 16.4 Å². The molecule has 1 aliphatic carbocycles. The number of rotatable bonds is 6. The highest BCUT2D eigenvalue weighted by Crippen LogP contribution is 2.22. The van der Waals surface area contributed by atoms with Gasteiger partial charge in [0.05, 0.1) is 10.6 Å². The number of aromatic nitrogens is 1. The van der Waals surface area contributed by atoms with E-state index in [1.807, 2.05) is 19.1 Å². The Hall–Kier alpha value is -3.13. The van der Waals surface area contributed by atoms with Crippen LogP contribution in [0.25, 0.3) is 10.9 Å². The maximum absolute atomic E-state index is 13.1. The largest absolute Gasteiger partial charge is 0.360 e. The number of amides is 1. The van der Waals surface area contributed by atoms with Crippen LogP contribution >= 0.6 is 0 Å². The number of para-hydroxylation sites is 1. The van der Waals surface area contributed by atoms with Crippen molar-refractivity contribution in [3.8, 4) is 0 Å². The van der Waals surface area contributed by atoms with Crippen LogP contribution in [0.5, 0.6) is 0 Å². The van der Waals surface area contributed by atoms with E-state index in [0.29, 0.717) is 17.6 Å². The summed E-state index contributed by atoms with van der Waals surface area (Å²) in [7, 11) is -3.92. The molecule has 1 fully saturated rings. The molecule has 174 valence electrons. The number of nitrogens with one attached hydrogen (secondary N) is 3. The van der Waals surface area contributed by atoms with Crippen molar-refractivity contribution in [2.45, 2.75) is 62.8 Å². The van der Waals surface area contributed by atoms with Crippen LogP contribution in [0.3, 0.4) is 0 Å². The number of H-pyrrole nitrogens is 1. The quantitative estimate of drug-likeness (QED) is 0.469. The SMILES string of the molecule is CCc1ccccc1NS(=O)(=O)c1ccc2[nH]cc(C(=O)NC3CCCCCC3)c(=O)c2c1. The Bertz CT molecular complexity index is 1320. The number of hydrogen-bond donors (Lipinski definition) is 3. The lowest BCUT2D eigenvalue weighted by molar-refractivity contribution is 0.0932. The average Bonchev–Trinajstić information content (AvgIpc) is 3.08. The van der Waals surface area contributed by atoms with Gasteiger partial charge in [0.25, 0.3) is 15.9 Å². The molecule has 1 aromatic heterocycles. The van der Waals surface area contributed by atoms with Gasteiger partial charge in [0.1, 0.15) is 5.56 Å². The molecule has 0 spiro atoms. The fourth-order valence-corrected chi connectivity index (χ4v) is 5.48. The molecular formula is C25H29N3O4S. The maximum atomic E-state index is 13.1. The summed E-state index contributed by atoms with van der Waals surface area (Å²) in [6.07, 6.45) is 8.35. The average molecular weight is 468 g/mol. The summed E-state index contributed by atoms with van der Waals surface area (Å²) in [6.45, 7) is 1.95. The van der Waals surface area contributed by atoms with Gasteiger partial charge in [-0.25, -0.2) is 8.42 Å². The minimum absolute atomic E-state index is 0.00872. The third kappa shape index (κ3) is 5.11. The van der Waals surface area contributed by atoms with E-state index in [1.165, 1.54) is 18.3 Å². The molecule has 33 heavy (non-hydrogen) atoms. The molecule has 0 aliphatic heterocycles. The monoisotopic (exact) mass is 467 g/mol. The molecular weight excluding hydrogens is 438 g/mol. The lowest BCUT2D eigenvalue weighted by Gasteiger charge is -2.16. The van der Waals surface area contributed by atoms with E-state index in [-0.39, 0.29) is 21.9 Å². The molecule has 1 aliphatic rings. The van der Waals surface area contributed by atoms with Crippen LogP contribution in [0, 0.1) is 0 Å². The van der Waals surface area contributed by atoms with E-state index >= 15 is 0 Å². The predicted molar refractivity (Wildman–Crippen MR) is 130 cm³/mol. The molecule has 0 radical (unpaired) electrons. The standard InChI is InChI=1S/C25H29N3O4S/c1-2-17-9-7-8-12-22(17)28-33(31,32)19-13-14-23-20(15-19)24(29)21(16-26-23)25(30)27-18-10-5-3-4-6-11-18/h7-9,12-16,18,28H,2-6,10-11H2,1H3,(H,26,29)(H,27,30). The molecule has 4 rings (SSSR count). The van der Waals surface area contributed by atoms with Crippen molar-refractivity contribution in [2.75, 3.05) is 4.72 Å². The molecule has 0 atom stereocenters. The number of aryl methyl sites for hydroxylation is 1. The Morgan fingerprint density at radius 1 is 1.06 bits per heavy atom. The molecule has 0 saturated heterocycles. The van der Waals surface area contributed by atoms with E-state index < -0.39 is 21.4 Å². The van der Waals surface area contributed by atoms with Gasteiger partial charge in [0.15, 0.2) is 0 Å². The molecule has 0 bridgehead atoms. The lowest BCUT2D eigenvalue weighted by atomic mass is 10.1.